The average Bonchev–Trinajstić information content (AvgIpc) is 2.59. The SMILES string of the molecule is CC1(C)OB(C(=Cc2cc(F)ccc2Cl)CO)OC1(C)C. The lowest BCUT2D eigenvalue weighted by Gasteiger charge is -2.32. The highest BCUT2D eigenvalue weighted by molar-refractivity contribution is 6.56. The van der Waals surface area contributed by atoms with Crippen LogP contribution in [0, 0.1) is 5.82 Å². The van der Waals surface area contributed by atoms with Gasteiger partial charge in [-0.05, 0) is 56.9 Å². The van der Waals surface area contributed by atoms with Gasteiger partial charge in [-0.25, -0.2) is 4.39 Å². The average molecular weight is 313 g/mol. The zero-order valence-electron chi connectivity index (χ0n) is 12.6. The number of aliphatic hydroxyl groups is 1. The first-order chi connectivity index (χ1) is 9.66. The first kappa shape index (κ1) is 16.5. The van der Waals surface area contributed by atoms with Crippen LogP contribution in [0.1, 0.15) is 33.3 Å². The monoisotopic (exact) mass is 312 g/mol. The van der Waals surface area contributed by atoms with Crippen molar-refractivity contribution in [1.82, 2.24) is 0 Å². The van der Waals surface area contributed by atoms with Crippen LogP contribution < -0.4 is 0 Å². The summed E-state index contributed by atoms with van der Waals surface area (Å²) in [7, 11) is -0.681. The fourth-order valence-corrected chi connectivity index (χ4v) is 2.18. The fourth-order valence-electron chi connectivity index (χ4n) is 2.01. The van der Waals surface area contributed by atoms with E-state index in [2.05, 4.69) is 0 Å². The normalized spacial score (nSPS) is 20.9. The van der Waals surface area contributed by atoms with Gasteiger partial charge in [0.15, 0.2) is 0 Å². The minimum atomic E-state index is -0.681. The summed E-state index contributed by atoms with van der Waals surface area (Å²) in [6.07, 6.45) is 1.60. The van der Waals surface area contributed by atoms with Gasteiger partial charge in [0.1, 0.15) is 5.82 Å². The molecule has 0 aromatic heterocycles. The molecule has 21 heavy (non-hydrogen) atoms. The van der Waals surface area contributed by atoms with E-state index in [0.717, 1.165) is 0 Å². The van der Waals surface area contributed by atoms with Crippen LogP contribution >= 0.6 is 11.6 Å². The van der Waals surface area contributed by atoms with Crippen LogP contribution in [0.2, 0.25) is 5.02 Å². The Bertz CT molecular complexity index is 556. The second-order valence-electron chi connectivity index (χ2n) is 6.13. The van der Waals surface area contributed by atoms with Gasteiger partial charge in [0.2, 0.25) is 0 Å². The van der Waals surface area contributed by atoms with E-state index in [1.807, 2.05) is 27.7 Å². The topological polar surface area (TPSA) is 38.7 Å². The predicted molar refractivity (Wildman–Crippen MR) is 82.6 cm³/mol. The van der Waals surface area contributed by atoms with Crippen molar-refractivity contribution < 1.29 is 18.8 Å². The van der Waals surface area contributed by atoms with E-state index < -0.39 is 24.1 Å². The molecule has 0 aliphatic carbocycles. The number of aliphatic hydroxyl groups excluding tert-OH is 1. The van der Waals surface area contributed by atoms with Crippen molar-refractivity contribution in [3.8, 4) is 0 Å². The molecule has 1 heterocycles. The molecule has 1 fully saturated rings. The lowest BCUT2D eigenvalue weighted by Crippen LogP contribution is -2.41. The molecule has 1 aliphatic rings. The first-order valence-electron chi connectivity index (χ1n) is 6.78. The molecule has 0 unspecified atom stereocenters. The first-order valence-corrected chi connectivity index (χ1v) is 7.16. The Morgan fingerprint density at radius 2 is 1.86 bits per heavy atom. The molecule has 0 radical (unpaired) electrons. The van der Waals surface area contributed by atoms with Crippen molar-refractivity contribution in [1.29, 1.82) is 0 Å². The summed E-state index contributed by atoms with van der Waals surface area (Å²) in [5.74, 6) is -0.392. The van der Waals surface area contributed by atoms with Gasteiger partial charge in [0.25, 0.3) is 0 Å². The maximum atomic E-state index is 13.3. The molecule has 1 N–H and O–H groups in total. The van der Waals surface area contributed by atoms with Gasteiger partial charge in [-0.15, -0.1) is 0 Å². The molecule has 6 heteroatoms. The molecule has 114 valence electrons. The van der Waals surface area contributed by atoms with E-state index in [-0.39, 0.29) is 6.61 Å². The van der Waals surface area contributed by atoms with E-state index >= 15 is 0 Å². The molecule has 3 nitrogen and oxygen atoms in total. The predicted octanol–water partition coefficient (Wildman–Crippen LogP) is 3.49. The molecule has 1 aliphatic heterocycles. The smallest absolute Gasteiger partial charge is 0.400 e. The molecule has 1 saturated heterocycles. The summed E-state index contributed by atoms with van der Waals surface area (Å²) in [5, 5.41) is 9.98. The second kappa shape index (κ2) is 5.73. The summed E-state index contributed by atoms with van der Waals surface area (Å²) in [4.78, 5) is 0. The van der Waals surface area contributed by atoms with Crippen molar-refractivity contribution in [2.24, 2.45) is 0 Å². The van der Waals surface area contributed by atoms with Crippen LogP contribution in [0.15, 0.2) is 23.7 Å². The van der Waals surface area contributed by atoms with Crippen LogP contribution in [0.3, 0.4) is 0 Å². The highest BCUT2D eigenvalue weighted by atomic mass is 35.5. The van der Waals surface area contributed by atoms with Gasteiger partial charge in [-0.2, -0.15) is 0 Å². The Hall–Kier alpha value is -0.875. The summed E-state index contributed by atoms with van der Waals surface area (Å²) >= 11 is 6.04. The molecule has 0 atom stereocenters. The minimum Gasteiger partial charge on any atom is -0.400 e. The van der Waals surface area contributed by atoms with Gasteiger partial charge < -0.3 is 14.4 Å². The number of halogens is 2. The lowest BCUT2D eigenvalue weighted by atomic mass is 9.77. The zero-order valence-corrected chi connectivity index (χ0v) is 13.4. The number of benzene rings is 1. The summed E-state index contributed by atoms with van der Waals surface area (Å²) in [5.41, 5.74) is -0.0217. The standard InChI is InChI=1S/C15H19BClFO3/c1-14(2)15(3,4)21-16(20-14)11(9-19)7-10-8-12(18)5-6-13(10)17/h5-8,19H,9H2,1-4H3. The van der Waals surface area contributed by atoms with E-state index in [0.29, 0.717) is 16.1 Å². The second-order valence-corrected chi connectivity index (χ2v) is 6.54. The zero-order chi connectivity index (χ0) is 15.8. The lowest BCUT2D eigenvalue weighted by molar-refractivity contribution is 0.00578. The third-order valence-corrected chi connectivity index (χ3v) is 4.38. The Balaban J connectivity index is 2.33. The summed E-state index contributed by atoms with van der Waals surface area (Å²) in [6.45, 7) is 7.45. The number of rotatable bonds is 3. The van der Waals surface area contributed by atoms with E-state index in [1.165, 1.54) is 18.2 Å². The Morgan fingerprint density at radius 3 is 2.38 bits per heavy atom. The number of hydrogen-bond acceptors (Lipinski definition) is 3. The Morgan fingerprint density at radius 1 is 1.29 bits per heavy atom. The maximum absolute atomic E-state index is 13.3. The highest BCUT2D eigenvalue weighted by Gasteiger charge is 2.52. The van der Waals surface area contributed by atoms with Gasteiger partial charge in [0, 0.05) is 5.02 Å². The van der Waals surface area contributed by atoms with Crippen LogP contribution in [0.4, 0.5) is 4.39 Å². The Labute approximate surface area is 129 Å². The molecule has 2 rings (SSSR count). The summed E-state index contributed by atoms with van der Waals surface area (Å²) in [6, 6.07) is 4.07. The third kappa shape index (κ3) is 3.32. The van der Waals surface area contributed by atoms with Crippen LogP contribution in [0.25, 0.3) is 6.08 Å². The Kier molecular flexibility index (Phi) is 4.50. The van der Waals surface area contributed by atoms with Crippen molar-refractivity contribution in [3.05, 3.63) is 40.1 Å². The number of hydrogen-bond donors (Lipinski definition) is 1. The van der Waals surface area contributed by atoms with Crippen LogP contribution in [0.5, 0.6) is 0 Å². The van der Waals surface area contributed by atoms with E-state index in [1.54, 1.807) is 6.08 Å². The van der Waals surface area contributed by atoms with Crippen LogP contribution in [-0.2, 0) is 9.31 Å². The third-order valence-electron chi connectivity index (χ3n) is 4.04. The van der Waals surface area contributed by atoms with Gasteiger partial charge >= 0.3 is 7.12 Å². The van der Waals surface area contributed by atoms with Crippen molar-refractivity contribution in [3.63, 3.8) is 0 Å². The van der Waals surface area contributed by atoms with Crippen molar-refractivity contribution >= 4 is 24.8 Å². The maximum Gasteiger partial charge on any atom is 0.492 e. The summed E-state index contributed by atoms with van der Waals surface area (Å²) < 4.78 is 25.1. The van der Waals surface area contributed by atoms with Gasteiger partial charge in [-0.1, -0.05) is 17.7 Å². The highest BCUT2D eigenvalue weighted by Crippen LogP contribution is 2.39. The molecule has 1 aromatic carbocycles. The molecular weight excluding hydrogens is 293 g/mol. The van der Waals surface area contributed by atoms with Gasteiger partial charge in [0.05, 0.1) is 17.8 Å². The quantitative estimate of drug-likeness (QED) is 0.868. The van der Waals surface area contributed by atoms with Crippen LogP contribution in [-0.4, -0.2) is 30.0 Å². The molecule has 1 aromatic rings. The fraction of sp³-hybridized carbons (Fsp3) is 0.467. The van der Waals surface area contributed by atoms with Crippen molar-refractivity contribution in [2.45, 2.75) is 38.9 Å². The van der Waals surface area contributed by atoms with E-state index in [4.69, 9.17) is 20.9 Å². The van der Waals surface area contributed by atoms with Gasteiger partial charge in [-0.3, -0.25) is 0 Å². The molecule has 0 spiro atoms. The molecule has 0 bridgehead atoms. The molecule has 0 saturated carbocycles. The minimum absolute atomic E-state index is 0.260. The molecular formula is C15H19BClFO3. The molecule has 0 amide bonds. The van der Waals surface area contributed by atoms with Crippen molar-refractivity contribution in [2.75, 3.05) is 6.61 Å². The largest absolute Gasteiger partial charge is 0.492 e. The van der Waals surface area contributed by atoms with E-state index in [9.17, 15) is 9.50 Å².